The van der Waals surface area contributed by atoms with Crippen molar-refractivity contribution in [2.45, 2.75) is 0 Å². The van der Waals surface area contributed by atoms with Crippen molar-refractivity contribution < 1.29 is 31.3 Å². The summed E-state index contributed by atoms with van der Waals surface area (Å²) >= 11 is 1.20. The van der Waals surface area contributed by atoms with Gasteiger partial charge in [0.1, 0.15) is 5.82 Å². The lowest BCUT2D eigenvalue weighted by atomic mass is 10.1. The molecule has 0 atom stereocenters. The number of thioether (sulfide) groups is 1. The zero-order valence-electron chi connectivity index (χ0n) is 11.6. The van der Waals surface area contributed by atoms with E-state index in [0.29, 0.717) is 11.3 Å². The Morgan fingerprint density at radius 1 is 1.30 bits per heavy atom. The smallest absolute Gasteiger partial charge is 0.221 e. The van der Waals surface area contributed by atoms with Gasteiger partial charge in [-0.05, 0) is 24.3 Å². The molecule has 0 spiro atoms. The van der Waals surface area contributed by atoms with Crippen molar-refractivity contribution >= 4 is 22.6 Å². The minimum Gasteiger partial charge on any atom is -1.00 e. The highest BCUT2D eigenvalue weighted by atomic mass is 35.5. The zero-order chi connectivity index (χ0) is 14.5. The standard InChI is InChI=1S/C13H17FN2O2S.ClH/c1-16(2,3)8-9-19-13(15-18)12(17)10-4-6-11(14)7-5-10;/h4-7H,8-9H2,1-3H3;1H. The predicted molar refractivity (Wildman–Crippen MR) is 75.3 cm³/mol. The molecule has 1 N–H and O–H groups in total. The Morgan fingerprint density at radius 3 is 2.30 bits per heavy atom. The topological polar surface area (TPSA) is 49.7 Å². The van der Waals surface area contributed by atoms with Gasteiger partial charge in [-0.1, -0.05) is 16.9 Å². The van der Waals surface area contributed by atoms with Crippen molar-refractivity contribution in [3.05, 3.63) is 35.6 Å². The molecule has 0 aromatic heterocycles. The summed E-state index contributed by atoms with van der Waals surface area (Å²) in [5, 5.41) is 12.0. The second-order valence-electron chi connectivity index (χ2n) is 5.10. The number of oxime groups is 1. The van der Waals surface area contributed by atoms with Crippen LogP contribution in [0.5, 0.6) is 0 Å². The van der Waals surface area contributed by atoms with Gasteiger partial charge < -0.3 is 22.1 Å². The first-order valence-corrected chi connectivity index (χ1v) is 6.77. The number of benzene rings is 1. The van der Waals surface area contributed by atoms with E-state index in [0.717, 1.165) is 11.0 Å². The van der Waals surface area contributed by atoms with Crippen molar-refractivity contribution in [1.29, 1.82) is 0 Å². The molecule has 0 saturated carbocycles. The fourth-order valence-electron chi connectivity index (χ4n) is 1.28. The van der Waals surface area contributed by atoms with Gasteiger partial charge in [-0.25, -0.2) is 4.39 Å². The molecule has 1 rings (SSSR count). The van der Waals surface area contributed by atoms with Gasteiger partial charge in [0.25, 0.3) is 0 Å². The maximum absolute atomic E-state index is 12.8. The van der Waals surface area contributed by atoms with Crippen LogP contribution in [0.15, 0.2) is 29.4 Å². The molecule has 0 unspecified atom stereocenters. The van der Waals surface area contributed by atoms with Gasteiger partial charge in [-0.2, -0.15) is 0 Å². The average molecular weight is 321 g/mol. The summed E-state index contributed by atoms with van der Waals surface area (Å²) < 4.78 is 13.5. The van der Waals surface area contributed by atoms with E-state index in [2.05, 4.69) is 5.16 Å². The molecule has 20 heavy (non-hydrogen) atoms. The number of halogens is 2. The zero-order valence-corrected chi connectivity index (χ0v) is 13.2. The molecule has 0 fully saturated rings. The minimum absolute atomic E-state index is 0. The molecule has 0 aliphatic rings. The lowest BCUT2D eigenvalue weighted by Crippen LogP contribution is -3.00. The van der Waals surface area contributed by atoms with Gasteiger partial charge in [-0.3, -0.25) is 4.79 Å². The van der Waals surface area contributed by atoms with Gasteiger partial charge in [0.05, 0.1) is 27.7 Å². The molecule has 0 radical (unpaired) electrons. The number of nitrogens with zero attached hydrogens (tertiary/aromatic N) is 2. The summed E-state index contributed by atoms with van der Waals surface area (Å²) in [6.45, 7) is 0.834. The molecule has 112 valence electrons. The SMILES string of the molecule is C[N+](C)(C)CCS/C(=N\O)C(=O)c1ccc(F)cc1.[Cl-]. The van der Waals surface area contributed by atoms with Crippen molar-refractivity contribution in [3.8, 4) is 0 Å². The van der Waals surface area contributed by atoms with E-state index >= 15 is 0 Å². The van der Waals surface area contributed by atoms with Crippen LogP contribution in [0.25, 0.3) is 0 Å². The quantitative estimate of drug-likeness (QED) is 0.194. The first kappa shape index (κ1) is 18.9. The molecule has 7 heteroatoms. The second kappa shape index (κ2) is 8.24. The number of hydrogen-bond acceptors (Lipinski definition) is 4. The van der Waals surface area contributed by atoms with Gasteiger partial charge in [0.15, 0.2) is 5.04 Å². The van der Waals surface area contributed by atoms with E-state index in [4.69, 9.17) is 5.21 Å². The molecule has 0 bridgehead atoms. The summed E-state index contributed by atoms with van der Waals surface area (Å²) in [7, 11) is 6.12. The molecular formula is C13H18ClFN2O2S. The molecule has 1 aromatic carbocycles. The predicted octanol–water partition coefficient (Wildman–Crippen LogP) is -0.760. The number of ketones is 1. The summed E-state index contributed by atoms with van der Waals surface area (Å²) in [6.07, 6.45) is 0. The minimum atomic E-state index is -0.406. The highest BCUT2D eigenvalue weighted by molar-refractivity contribution is 8.15. The fraction of sp³-hybridized carbons (Fsp3) is 0.385. The van der Waals surface area contributed by atoms with E-state index in [9.17, 15) is 9.18 Å². The highest BCUT2D eigenvalue weighted by Crippen LogP contribution is 2.13. The third-order valence-corrected chi connectivity index (χ3v) is 3.32. The van der Waals surface area contributed by atoms with Crippen LogP contribution in [0.1, 0.15) is 10.4 Å². The first-order chi connectivity index (χ1) is 8.83. The maximum atomic E-state index is 12.8. The van der Waals surface area contributed by atoms with Crippen LogP contribution in [0, 0.1) is 5.82 Å². The van der Waals surface area contributed by atoms with Crippen LogP contribution in [0.2, 0.25) is 0 Å². The third kappa shape index (κ3) is 6.36. The average Bonchev–Trinajstić information content (AvgIpc) is 2.33. The number of carbonyl (C=O) groups is 1. The Morgan fingerprint density at radius 2 is 1.85 bits per heavy atom. The molecule has 0 aliphatic carbocycles. The Labute approximate surface area is 128 Å². The monoisotopic (exact) mass is 320 g/mol. The Balaban J connectivity index is 0.00000361. The largest absolute Gasteiger partial charge is 1.00 e. The second-order valence-corrected chi connectivity index (χ2v) is 6.19. The third-order valence-electron chi connectivity index (χ3n) is 2.39. The van der Waals surface area contributed by atoms with E-state index in [1.807, 2.05) is 21.1 Å². The van der Waals surface area contributed by atoms with Crippen LogP contribution < -0.4 is 12.4 Å². The van der Waals surface area contributed by atoms with Crippen LogP contribution in [-0.2, 0) is 0 Å². The van der Waals surface area contributed by atoms with Gasteiger partial charge in [0.2, 0.25) is 5.78 Å². The number of rotatable bonds is 5. The molecule has 0 heterocycles. The van der Waals surface area contributed by atoms with E-state index in [1.165, 1.54) is 36.0 Å². The summed E-state index contributed by atoms with van der Waals surface area (Å²) in [5.41, 5.74) is 0.312. The molecule has 4 nitrogen and oxygen atoms in total. The summed E-state index contributed by atoms with van der Waals surface area (Å²) in [4.78, 5) is 12.0. The molecule has 0 aliphatic heterocycles. The normalized spacial score (nSPS) is 11.9. The summed E-state index contributed by atoms with van der Waals surface area (Å²) in [5.74, 6) is -0.138. The van der Waals surface area contributed by atoms with Gasteiger partial charge in [0, 0.05) is 11.3 Å². The molecule has 0 saturated heterocycles. The molecular weight excluding hydrogens is 303 g/mol. The summed E-state index contributed by atoms with van der Waals surface area (Å²) in [6, 6.07) is 5.17. The number of Topliss-reactive ketones (excluding diaryl/α,β-unsaturated/α-hetero) is 1. The fourth-order valence-corrected chi connectivity index (χ4v) is 2.42. The number of quaternary nitrogens is 1. The molecule has 0 amide bonds. The molecule has 1 aromatic rings. The number of hydrogen-bond donors (Lipinski definition) is 1. The Kier molecular flexibility index (Phi) is 7.78. The van der Waals surface area contributed by atoms with Crippen molar-refractivity contribution in [2.75, 3.05) is 33.4 Å². The van der Waals surface area contributed by atoms with Crippen molar-refractivity contribution in [2.24, 2.45) is 5.16 Å². The maximum Gasteiger partial charge on any atom is 0.221 e. The number of carbonyl (C=O) groups excluding carboxylic acids is 1. The highest BCUT2D eigenvalue weighted by Gasteiger charge is 2.17. The lowest BCUT2D eigenvalue weighted by molar-refractivity contribution is -0.867. The van der Waals surface area contributed by atoms with Crippen LogP contribution in [0.3, 0.4) is 0 Å². The van der Waals surface area contributed by atoms with Gasteiger partial charge >= 0.3 is 0 Å². The Bertz CT molecular complexity index is 472. The van der Waals surface area contributed by atoms with Gasteiger partial charge in [-0.15, -0.1) is 0 Å². The lowest BCUT2D eigenvalue weighted by Gasteiger charge is -2.23. The van der Waals surface area contributed by atoms with Crippen molar-refractivity contribution in [3.63, 3.8) is 0 Å². The van der Waals surface area contributed by atoms with Crippen LogP contribution >= 0.6 is 11.8 Å². The van der Waals surface area contributed by atoms with Crippen LogP contribution in [-0.4, -0.2) is 54.0 Å². The first-order valence-electron chi connectivity index (χ1n) is 5.79. The van der Waals surface area contributed by atoms with E-state index in [-0.39, 0.29) is 17.5 Å². The van der Waals surface area contributed by atoms with E-state index in [1.54, 1.807) is 0 Å². The van der Waals surface area contributed by atoms with Crippen LogP contribution in [0.4, 0.5) is 4.39 Å². The Hall–Kier alpha value is -1.11. The van der Waals surface area contributed by atoms with E-state index < -0.39 is 11.6 Å². The van der Waals surface area contributed by atoms with Crippen molar-refractivity contribution in [1.82, 2.24) is 0 Å².